The van der Waals surface area contributed by atoms with E-state index < -0.39 is 7.26 Å². The van der Waals surface area contributed by atoms with Gasteiger partial charge in [-0.3, -0.25) is 0 Å². The lowest BCUT2D eigenvalue weighted by Crippen LogP contribution is -2.34. The monoisotopic (exact) mass is 465 g/mol. The Morgan fingerprint density at radius 3 is 1.82 bits per heavy atom. The van der Waals surface area contributed by atoms with Gasteiger partial charge in [-0.1, -0.05) is 54.6 Å². The number of hydrogen-bond donors (Lipinski definition) is 0. The Morgan fingerprint density at radius 2 is 1.24 bits per heavy atom. The fourth-order valence-electron chi connectivity index (χ4n) is 5.89. The predicted octanol–water partition coefficient (Wildman–Crippen LogP) is 6.68. The van der Waals surface area contributed by atoms with Gasteiger partial charge < -0.3 is 4.74 Å². The minimum Gasteiger partial charge on any atom is -0.496 e. The van der Waals surface area contributed by atoms with Gasteiger partial charge >= 0.3 is 0 Å². The van der Waals surface area contributed by atoms with Gasteiger partial charge in [0, 0.05) is 0 Å². The maximum absolute atomic E-state index is 5.91. The highest BCUT2D eigenvalue weighted by Gasteiger charge is 2.47. The summed E-state index contributed by atoms with van der Waals surface area (Å²) in [6.07, 6.45) is 5.83. The molecule has 0 spiro atoms. The second kappa shape index (κ2) is 9.77. The Hall–Kier alpha value is -2.89. The van der Waals surface area contributed by atoms with Crippen LogP contribution in [-0.4, -0.2) is 7.11 Å². The van der Waals surface area contributed by atoms with E-state index in [9.17, 15) is 0 Å². The summed E-state index contributed by atoms with van der Waals surface area (Å²) in [5.41, 5.74) is 7.15. The van der Waals surface area contributed by atoms with Crippen molar-refractivity contribution in [3.63, 3.8) is 0 Å². The SMILES string of the molecule is COc1c(C)cc(C[P+](c2ccccc2)(c2ccccc2)c2ccccc2C)c2c1CCCC2. The second-order valence-corrected chi connectivity index (χ2v) is 12.9. The molecule has 172 valence electrons. The van der Waals surface area contributed by atoms with Gasteiger partial charge in [-0.25, -0.2) is 0 Å². The molecule has 4 aromatic rings. The molecule has 0 saturated heterocycles. The van der Waals surface area contributed by atoms with E-state index in [0.717, 1.165) is 24.8 Å². The van der Waals surface area contributed by atoms with Crippen LogP contribution in [0.2, 0.25) is 0 Å². The number of aryl methyl sites for hydroxylation is 2. The van der Waals surface area contributed by atoms with Crippen molar-refractivity contribution in [2.45, 2.75) is 45.7 Å². The molecule has 1 nitrogen and oxygen atoms in total. The molecule has 1 aliphatic rings. The lowest BCUT2D eigenvalue weighted by molar-refractivity contribution is 0.402. The molecule has 0 atom stereocenters. The minimum absolute atomic E-state index is 1.04. The maximum Gasteiger partial charge on any atom is 0.125 e. The van der Waals surface area contributed by atoms with Crippen molar-refractivity contribution in [1.82, 2.24) is 0 Å². The van der Waals surface area contributed by atoms with Crippen molar-refractivity contribution < 1.29 is 4.74 Å². The van der Waals surface area contributed by atoms with Gasteiger partial charge in [0.25, 0.3) is 0 Å². The maximum atomic E-state index is 5.91. The van der Waals surface area contributed by atoms with Crippen molar-refractivity contribution in [1.29, 1.82) is 0 Å². The Balaban J connectivity index is 1.82. The molecule has 0 bridgehead atoms. The van der Waals surface area contributed by atoms with Crippen molar-refractivity contribution >= 4 is 23.2 Å². The Morgan fingerprint density at radius 1 is 0.676 bits per heavy atom. The van der Waals surface area contributed by atoms with Gasteiger partial charge in [-0.15, -0.1) is 0 Å². The van der Waals surface area contributed by atoms with Crippen LogP contribution in [0.3, 0.4) is 0 Å². The van der Waals surface area contributed by atoms with Crippen LogP contribution in [0, 0.1) is 13.8 Å². The van der Waals surface area contributed by atoms with Crippen LogP contribution >= 0.6 is 7.26 Å². The van der Waals surface area contributed by atoms with Crippen LogP contribution in [0.15, 0.2) is 91.0 Å². The fraction of sp³-hybridized carbons (Fsp3) is 0.250. The van der Waals surface area contributed by atoms with Gasteiger partial charge in [0.15, 0.2) is 0 Å². The summed E-state index contributed by atoms with van der Waals surface area (Å²) in [4.78, 5) is 0. The number of rotatable bonds is 6. The first-order chi connectivity index (χ1) is 16.6. The van der Waals surface area contributed by atoms with Crippen LogP contribution in [0.5, 0.6) is 5.75 Å². The molecular formula is C32H34OP+. The average molecular weight is 466 g/mol. The third-order valence-corrected chi connectivity index (χ3v) is 11.9. The molecule has 0 N–H and O–H groups in total. The van der Waals surface area contributed by atoms with E-state index >= 15 is 0 Å². The summed E-state index contributed by atoms with van der Waals surface area (Å²) < 4.78 is 5.91. The zero-order valence-corrected chi connectivity index (χ0v) is 21.4. The van der Waals surface area contributed by atoms with E-state index in [1.807, 2.05) is 7.11 Å². The molecule has 0 radical (unpaired) electrons. The minimum atomic E-state index is -1.94. The average Bonchev–Trinajstić information content (AvgIpc) is 2.89. The van der Waals surface area contributed by atoms with Gasteiger partial charge in [-0.2, -0.15) is 0 Å². The number of hydrogen-bond acceptors (Lipinski definition) is 1. The molecule has 0 amide bonds. The smallest absolute Gasteiger partial charge is 0.125 e. The van der Waals surface area contributed by atoms with E-state index in [1.165, 1.54) is 51.0 Å². The summed E-state index contributed by atoms with van der Waals surface area (Å²) in [7, 11) is -0.115. The third kappa shape index (κ3) is 3.97. The van der Waals surface area contributed by atoms with Crippen molar-refractivity contribution in [3.05, 3.63) is 119 Å². The number of benzene rings is 4. The molecular weight excluding hydrogens is 431 g/mol. The first-order valence-corrected chi connectivity index (χ1v) is 14.4. The van der Waals surface area contributed by atoms with Gasteiger partial charge in [0.1, 0.15) is 28.9 Å². The Kier molecular flexibility index (Phi) is 6.57. The zero-order valence-electron chi connectivity index (χ0n) is 20.6. The Labute approximate surface area is 205 Å². The summed E-state index contributed by atoms with van der Waals surface area (Å²) in [6.45, 7) is 4.50. The molecule has 0 fully saturated rings. The zero-order chi connectivity index (χ0) is 23.5. The van der Waals surface area contributed by atoms with Crippen LogP contribution in [-0.2, 0) is 19.0 Å². The molecule has 5 rings (SSSR count). The molecule has 0 aromatic heterocycles. The predicted molar refractivity (Wildman–Crippen MR) is 148 cm³/mol. The molecule has 1 aliphatic carbocycles. The third-order valence-electron chi connectivity index (χ3n) is 7.41. The lowest BCUT2D eigenvalue weighted by atomic mass is 9.86. The van der Waals surface area contributed by atoms with Crippen molar-refractivity contribution in [3.8, 4) is 5.75 Å². The van der Waals surface area contributed by atoms with Crippen LogP contribution in [0.4, 0.5) is 0 Å². The molecule has 0 unspecified atom stereocenters. The quantitative estimate of drug-likeness (QED) is 0.289. The van der Waals surface area contributed by atoms with Gasteiger partial charge in [-0.05, 0) is 104 Å². The first kappa shape index (κ1) is 22.9. The highest BCUT2D eigenvalue weighted by molar-refractivity contribution is 7.95. The highest BCUT2D eigenvalue weighted by Crippen LogP contribution is 2.59. The molecule has 0 saturated carbocycles. The number of ether oxygens (including phenoxy) is 1. The summed E-state index contributed by atoms with van der Waals surface area (Å²) in [5.74, 6) is 1.11. The fourth-order valence-corrected chi connectivity index (χ4v) is 10.5. The topological polar surface area (TPSA) is 9.23 Å². The molecule has 4 aromatic carbocycles. The standard InChI is InChI=1S/C32H34OP/c1-24-14-10-13-21-31(24)34(27-15-6-4-7-16-27,28-17-8-5-9-18-28)23-26-22-25(2)32(33-3)30-20-12-11-19-29(26)30/h4-10,13-18,21-22H,11-12,19-20,23H2,1-3H3/q+1. The van der Waals surface area contributed by atoms with Gasteiger partial charge in [0.05, 0.1) is 13.3 Å². The van der Waals surface area contributed by atoms with Crippen molar-refractivity contribution in [2.24, 2.45) is 0 Å². The highest BCUT2D eigenvalue weighted by atomic mass is 31.2. The first-order valence-electron chi connectivity index (χ1n) is 12.4. The number of fused-ring (bicyclic) bond motifs is 1. The van der Waals surface area contributed by atoms with E-state index in [4.69, 9.17) is 4.74 Å². The molecule has 0 heterocycles. The summed E-state index contributed by atoms with van der Waals surface area (Å²) in [5, 5.41) is 4.40. The van der Waals surface area contributed by atoms with E-state index in [1.54, 1.807) is 5.56 Å². The van der Waals surface area contributed by atoms with Crippen LogP contribution in [0.1, 0.15) is 40.7 Å². The molecule has 0 aliphatic heterocycles. The second-order valence-electron chi connectivity index (χ2n) is 9.48. The van der Waals surface area contributed by atoms with E-state index in [2.05, 4.69) is 105 Å². The number of methoxy groups -OCH3 is 1. The molecule has 2 heteroatoms. The van der Waals surface area contributed by atoms with Crippen LogP contribution in [0.25, 0.3) is 0 Å². The molecule has 34 heavy (non-hydrogen) atoms. The van der Waals surface area contributed by atoms with Crippen molar-refractivity contribution in [2.75, 3.05) is 7.11 Å². The van der Waals surface area contributed by atoms with E-state index in [0.29, 0.717) is 0 Å². The summed E-state index contributed by atoms with van der Waals surface area (Å²) in [6, 6.07) is 34.0. The largest absolute Gasteiger partial charge is 0.496 e. The summed E-state index contributed by atoms with van der Waals surface area (Å²) >= 11 is 0. The lowest BCUT2D eigenvalue weighted by Gasteiger charge is -2.31. The van der Waals surface area contributed by atoms with E-state index in [-0.39, 0.29) is 0 Å². The normalized spacial score (nSPS) is 13.4. The van der Waals surface area contributed by atoms with Gasteiger partial charge in [0.2, 0.25) is 0 Å². The van der Waals surface area contributed by atoms with Crippen LogP contribution < -0.4 is 20.7 Å². The Bertz CT molecular complexity index is 1240.